The van der Waals surface area contributed by atoms with Crippen LogP contribution in [0.25, 0.3) is 11.7 Å². The van der Waals surface area contributed by atoms with Crippen LogP contribution >= 0.6 is 0 Å². The van der Waals surface area contributed by atoms with Gasteiger partial charge in [0.2, 0.25) is 11.8 Å². The van der Waals surface area contributed by atoms with E-state index in [1.807, 2.05) is 18.7 Å². The molecule has 2 aliphatic carbocycles. The third-order valence-corrected chi connectivity index (χ3v) is 6.75. The fraction of sp³-hybridized carbons (Fsp3) is 0.583. The summed E-state index contributed by atoms with van der Waals surface area (Å²) in [7, 11) is 0. The molecular formula is C24H31N5O4. The Hall–Kier alpha value is -3.10. The summed E-state index contributed by atoms with van der Waals surface area (Å²) in [5.41, 5.74) is 0.0712. The zero-order valence-corrected chi connectivity index (χ0v) is 19.2. The lowest BCUT2D eigenvalue weighted by Crippen LogP contribution is -2.36. The number of aromatic nitrogens is 3. The highest BCUT2D eigenvalue weighted by molar-refractivity contribution is 5.97. The molecule has 0 aromatic carbocycles. The van der Waals surface area contributed by atoms with Crippen molar-refractivity contribution in [3.05, 3.63) is 33.8 Å². The Balaban J connectivity index is 1.51. The summed E-state index contributed by atoms with van der Waals surface area (Å²) >= 11 is 0. The number of hydrogen-bond donors (Lipinski definition) is 2. The fourth-order valence-corrected chi connectivity index (χ4v) is 4.84. The summed E-state index contributed by atoms with van der Waals surface area (Å²) in [4.78, 5) is 40.9. The van der Waals surface area contributed by atoms with Gasteiger partial charge in [0.25, 0.3) is 11.5 Å². The molecule has 2 aromatic heterocycles. The number of hydrogen-bond acceptors (Lipinski definition) is 5. The SMILES string of the molecule is CC(C)Cn1c(=O)c(C(=O)NC2CC2)c(O)n2ncc(C=CC(=O)N3CCCC3C3CC3)c12. The molecule has 2 amide bonds. The number of fused-ring (bicyclic) bond motifs is 1. The lowest BCUT2D eigenvalue weighted by atomic mass is 10.1. The van der Waals surface area contributed by atoms with Crippen molar-refractivity contribution in [2.75, 3.05) is 6.54 Å². The smallest absolute Gasteiger partial charge is 0.270 e. The molecule has 0 bridgehead atoms. The van der Waals surface area contributed by atoms with Crippen LogP contribution in [-0.4, -0.2) is 54.6 Å². The van der Waals surface area contributed by atoms with Gasteiger partial charge in [0.05, 0.1) is 6.20 Å². The first-order valence-electron chi connectivity index (χ1n) is 12.0. The first-order valence-corrected chi connectivity index (χ1v) is 12.0. The van der Waals surface area contributed by atoms with Gasteiger partial charge in [0.1, 0.15) is 5.65 Å². The molecule has 33 heavy (non-hydrogen) atoms. The van der Waals surface area contributed by atoms with Crippen molar-refractivity contribution in [2.45, 2.75) is 71.0 Å². The molecule has 2 saturated carbocycles. The van der Waals surface area contributed by atoms with Crippen LogP contribution in [0.5, 0.6) is 5.88 Å². The second-order valence-corrected chi connectivity index (χ2v) is 10.0. The molecule has 1 saturated heterocycles. The second-order valence-electron chi connectivity index (χ2n) is 10.0. The Morgan fingerprint density at radius 3 is 2.67 bits per heavy atom. The van der Waals surface area contributed by atoms with Crippen molar-refractivity contribution >= 4 is 23.5 Å². The molecule has 1 unspecified atom stereocenters. The van der Waals surface area contributed by atoms with Gasteiger partial charge < -0.3 is 15.3 Å². The molecule has 3 fully saturated rings. The third-order valence-electron chi connectivity index (χ3n) is 6.75. The minimum Gasteiger partial charge on any atom is -0.492 e. The van der Waals surface area contributed by atoms with Crippen LogP contribution in [0, 0.1) is 11.8 Å². The summed E-state index contributed by atoms with van der Waals surface area (Å²) in [5.74, 6) is -0.344. The zero-order chi connectivity index (χ0) is 23.3. The molecular weight excluding hydrogens is 422 g/mol. The lowest BCUT2D eigenvalue weighted by molar-refractivity contribution is -0.127. The van der Waals surface area contributed by atoms with Crippen molar-refractivity contribution in [3.63, 3.8) is 0 Å². The predicted molar refractivity (Wildman–Crippen MR) is 123 cm³/mol. The number of carbonyl (C=O) groups excluding carboxylic acids is 2. The average molecular weight is 454 g/mol. The Labute approximate surface area is 192 Å². The van der Waals surface area contributed by atoms with E-state index in [1.54, 1.807) is 6.08 Å². The molecule has 2 aromatic rings. The number of rotatable bonds is 7. The van der Waals surface area contributed by atoms with Crippen molar-refractivity contribution in [1.82, 2.24) is 24.4 Å². The van der Waals surface area contributed by atoms with Crippen molar-refractivity contribution in [3.8, 4) is 5.88 Å². The maximum Gasteiger partial charge on any atom is 0.270 e. The minimum atomic E-state index is -0.581. The summed E-state index contributed by atoms with van der Waals surface area (Å²) in [6.45, 7) is 5.07. The van der Waals surface area contributed by atoms with Crippen LogP contribution in [0.15, 0.2) is 17.1 Å². The van der Waals surface area contributed by atoms with Crippen LogP contribution in [0.3, 0.4) is 0 Å². The standard InChI is InChI=1S/C24H31N5O4/c1-14(2)13-28-22-16(7-10-19(30)27-11-3-4-18(27)15-5-6-15)12-25-29(22)24(33)20(23(28)32)21(31)26-17-8-9-17/h7,10,12,14-15,17-18,33H,3-6,8-9,11,13H2,1-2H3,(H,26,31). The van der Waals surface area contributed by atoms with Crippen molar-refractivity contribution in [1.29, 1.82) is 0 Å². The largest absolute Gasteiger partial charge is 0.492 e. The van der Waals surface area contributed by atoms with Gasteiger partial charge in [-0.25, -0.2) is 0 Å². The quantitative estimate of drug-likeness (QED) is 0.625. The van der Waals surface area contributed by atoms with E-state index < -0.39 is 17.3 Å². The van der Waals surface area contributed by atoms with E-state index in [2.05, 4.69) is 10.4 Å². The normalized spacial score (nSPS) is 20.9. The predicted octanol–water partition coefficient (Wildman–Crippen LogP) is 2.16. The lowest BCUT2D eigenvalue weighted by Gasteiger charge is -2.23. The Bertz CT molecular complexity index is 1190. The topological polar surface area (TPSA) is 109 Å². The number of amides is 2. The van der Waals surface area contributed by atoms with E-state index in [0.717, 1.165) is 32.2 Å². The molecule has 9 nitrogen and oxygen atoms in total. The van der Waals surface area contributed by atoms with Crippen molar-refractivity contribution in [2.24, 2.45) is 11.8 Å². The number of nitrogens with zero attached hydrogens (tertiary/aromatic N) is 4. The van der Waals surface area contributed by atoms with E-state index >= 15 is 0 Å². The van der Waals surface area contributed by atoms with E-state index in [9.17, 15) is 19.5 Å². The molecule has 0 radical (unpaired) electrons. The van der Waals surface area contributed by atoms with E-state index in [0.29, 0.717) is 29.7 Å². The van der Waals surface area contributed by atoms with Gasteiger partial charge in [-0.1, -0.05) is 13.8 Å². The molecule has 5 rings (SSSR count). The summed E-state index contributed by atoms with van der Waals surface area (Å²) in [6.07, 6.45) is 10.9. The van der Waals surface area contributed by atoms with Crippen LogP contribution in [0.2, 0.25) is 0 Å². The second kappa shape index (κ2) is 8.35. The monoisotopic (exact) mass is 453 g/mol. The molecule has 9 heteroatoms. The number of aromatic hydroxyl groups is 1. The van der Waals surface area contributed by atoms with Crippen LogP contribution in [0.4, 0.5) is 0 Å². The van der Waals surface area contributed by atoms with Gasteiger partial charge in [0, 0.05) is 36.8 Å². The van der Waals surface area contributed by atoms with E-state index in [1.165, 1.54) is 34.2 Å². The zero-order valence-electron chi connectivity index (χ0n) is 19.2. The molecule has 1 atom stereocenters. The highest BCUT2D eigenvalue weighted by Crippen LogP contribution is 2.40. The third kappa shape index (κ3) is 4.16. The maximum atomic E-state index is 13.3. The average Bonchev–Trinajstić information content (AvgIpc) is 3.69. The molecule has 176 valence electrons. The van der Waals surface area contributed by atoms with E-state index in [4.69, 9.17) is 0 Å². The molecule has 2 N–H and O–H groups in total. The van der Waals surface area contributed by atoms with Gasteiger partial charge in [0.15, 0.2) is 5.56 Å². The van der Waals surface area contributed by atoms with Gasteiger partial charge in [-0.3, -0.25) is 19.0 Å². The van der Waals surface area contributed by atoms with Gasteiger partial charge in [-0.15, -0.1) is 0 Å². The number of likely N-dealkylation sites (tertiary alicyclic amines) is 1. The number of carbonyl (C=O) groups is 2. The summed E-state index contributed by atoms with van der Waals surface area (Å²) in [5, 5.41) is 17.8. The molecule has 3 aliphatic rings. The highest BCUT2D eigenvalue weighted by atomic mass is 16.3. The fourth-order valence-electron chi connectivity index (χ4n) is 4.84. The van der Waals surface area contributed by atoms with Crippen LogP contribution in [-0.2, 0) is 11.3 Å². The maximum absolute atomic E-state index is 13.3. The molecule has 1 aliphatic heterocycles. The van der Waals surface area contributed by atoms with E-state index in [-0.39, 0.29) is 23.4 Å². The highest BCUT2D eigenvalue weighted by Gasteiger charge is 2.39. The van der Waals surface area contributed by atoms with Crippen molar-refractivity contribution < 1.29 is 14.7 Å². The first kappa shape index (κ1) is 21.7. The summed E-state index contributed by atoms with van der Waals surface area (Å²) < 4.78 is 2.70. The first-order chi connectivity index (χ1) is 15.8. The minimum absolute atomic E-state index is 0.0360. The number of nitrogens with one attached hydrogen (secondary N) is 1. The Morgan fingerprint density at radius 1 is 1.24 bits per heavy atom. The molecule has 0 spiro atoms. The Morgan fingerprint density at radius 2 is 2.00 bits per heavy atom. The van der Waals surface area contributed by atoms with Gasteiger partial charge >= 0.3 is 0 Å². The van der Waals surface area contributed by atoms with Crippen LogP contribution in [0.1, 0.15) is 68.3 Å². The molecule has 3 heterocycles. The Kier molecular flexibility index (Phi) is 5.50. The van der Waals surface area contributed by atoms with Crippen LogP contribution < -0.4 is 10.9 Å². The van der Waals surface area contributed by atoms with Gasteiger partial charge in [-0.2, -0.15) is 9.61 Å². The summed E-state index contributed by atoms with van der Waals surface area (Å²) in [6, 6.07) is 0.388. The van der Waals surface area contributed by atoms with Gasteiger partial charge in [-0.05, 0) is 56.4 Å².